The van der Waals surface area contributed by atoms with E-state index in [1.807, 2.05) is 59.2 Å². The summed E-state index contributed by atoms with van der Waals surface area (Å²) in [6.07, 6.45) is 5.72. The standard InChI is InChI=1S/C24H21N3O2/c1-29-22-7-3-2-6-19(22)18-10-11-21-20(13-18)24(28)27(23(26-21)17-8-9-17)15-16-5-4-12-25-14-16/h2-7,10-14,17H,8-9,15H2,1H3. The van der Waals surface area contributed by atoms with Crippen molar-refractivity contribution in [2.45, 2.75) is 25.3 Å². The molecule has 0 N–H and O–H groups in total. The second-order valence-corrected chi connectivity index (χ2v) is 7.43. The van der Waals surface area contributed by atoms with Gasteiger partial charge in [-0.1, -0.05) is 30.3 Å². The molecule has 5 nitrogen and oxygen atoms in total. The van der Waals surface area contributed by atoms with Gasteiger partial charge in [0.2, 0.25) is 0 Å². The summed E-state index contributed by atoms with van der Waals surface area (Å²) in [6, 6.07) is 17.6. The van der Waals surface area contributed by atoms with Gasteiger partial charge in [-0.2, -0.15) is 0 Å². The molecule has 144 valence electrons. The van der Waals surface area contributed by atoms with Crippen LogP contribution in [0.5, 0.6) is 5.75 Å². The maximum absolute atomic E-state index is 13.5. The van der Waals surface area contributed by atoms with E-state index in [-0.39, 0.29) is 5.56 Å². The lowest BCUT2D eigenvalue weighted by Gasteiger charge is -2.14. The Balaban J connectivity index is 1.68. The normalized spacial score (nSPS) is 13.6. The van der Waals surface area contributed by atoms with Crippen molar-refractivity contribution in [1.82, 2.24) is 14.5 Å². The summed E-state index contributed by atoms with van der Waals surface area (Å²) >= 11 is 0. The third kappa shape index (κ3) is 3.29. The van der Waals surface area contributed by atoms with Crippen LogP contribution in [0.4, 0.5) is 0 Å². The van der Waals surface area contributed by atoms with Crippen LogP contribution in [0, 0.1) is 0 Å². The SMILES string of the molecule is COc1ccccc1-c1ccc2nc(C3CC3)n(Cc3cccnc3)c(=O)c2c1. The molecule has 0 spiro atoms. The van der Waals surface area contributed by atoms with E-state index in [4.69, 9.17) is 9.72 Å². The maximum atomic E-state index is 13.5. The molecular weight excluding hydrogens is 362 g/mol. The zero-order chi connectivity index (χ0) is 19.8. The lowest BCUT2D eigenvalue weighted by molar-refractivity contribution is 0.416. The Bertz CT molecular complexity index is 1240. The molecule has 2 aromatic carbocycles. The van der Waals surface area contributed by atoms with Crippen LogP contribution in [0.25, 0.3) is 22.0 Å². The number of hydrogen-bond acceptors (Lipinski definition) is 4. The largest absolute Gasteiger partial charge is 0.496 e. The summed E-state index contributed by atoms with van der Waals surface area (Å²) in [5.41, 5.74) is 3.65. The highest BCUT2D eigenvalue weighted by Gasteiger charge is 2.29. The molecule has 2 aromatic heterocycles. The van der Waals surface area contributed by atoms with Crippen molar-refractivity contribution in [3.63, 3.8) is 0 Å². The summed E-state index contributed by atoms with van der Waals surface area (Å²) in [6.45, 7) is 0.486. The molecule has 1 fully saturated rings. The average molecular weight is 383 g/mol. The van der Waals surface area contributed by atoms with Crippen molar-refractivity contribution in [2.24, 2.45) is 0 Å². The van der Waals surface area contributed by atoms with Gasteiger partial charge in [-0.15, -0.1) is 0 Å². The van der Waals surface area contributed by atoms with Gasteiger partial charge >= 0.3 is 0 Å². The summed E-state index contributed by atoms with van der Waals surface area (Å²) in [7, 11) is 1.66. The number of para-hydroxylation sites is 1. The molecule has 5 heteroatoms. The Morgan fingerprint density at radius 2 is 1.97 bits per heavy atom. The Kier molecular flexibility index (Phi) is 4.35. The fourth-order valence-electron chi connectivity index (χ4n) is 3.77. The van der Waals surface area contributed by atoms with Crippen LogP contribution in [0.3, 0.4) is 0 Å². The molecular formula is C24H21N3O2. The Hall–Kier alpha value is -3.47. The van der Waals surface area contributed by atoms with E-state index in [0.29, 0.717) is 17.8 Å². The highest BCUT2D eigenvalue weighted by Crippen LogP contribution is 2.39. The number of nitrogens with zero attached hydrogens (tertiary/aromatic N) is 3. The van der Waals surface area contributed by atoms with Crippen LogP contribution in [-0.4, -0.2) is 21.6 Å². The lowest BCUT2D eigenvalue weighted by Crippen LogP contribution is -2.25. The van der Waals surface area contributed by atoms with E-state index < -0.39 is 0 Å². The average Bonchev–Trinajstić information content (AvgIpc) is 3.61. The number of rotatable bonds is 5. The summed E-state index contributed by atoms with van der Waals surface area (Å²) in [5.74, 6) is 2.04. The summed E-state index contributed by atoms with van der Waals surface area (Å²) in [5, 5.41) is 0.627. The van der Waals surface area contributed by atoms with Crippen LogP contribution in [0.1, 0.15) is 30.1 Å². The number of hydrogen-bond donors (Lipinski definition) is 0. The van der Waals surface area contributed by atoms with E-state index in [0.717, 1.165) is 46.6 Å². The van der Waals surface area contributed by atoms with Crippen LogP contribution >= 0.6 is 0 Å². The van der Waals surface area contributed by atoms with E-state index >= 15 is 0 Å². The quantitative estimate of drug-likeness (QED) is 0.513. The first kappa shape index (κ1) is 17.6. The van der Waals surface area contributed by atoms with E-state index in [9.17, 15) is 4.79 Å². The monoisotopic (exact) mass is 383 g/mol. The Morgan fingerprint density at radius 1 is 1.10 bits per heavy atom. The maximum Gasteiger partial charge on any atom is 0.261 e. The minimum Gasteiger partial charge on any atom is -0.496 e. The first-order valence-corrected chi connectivity index (χ1v) is 9.81. The molecule has 4 aromatic rings. The van der Waals surface area contributed by atoms with Gasteiger partial charge in [0.15, 0.2) is 0 Å². The van der Waals surface area contributed by atoms with Crippen LogP contribution in [-0.2, 0) is 6.54 Å². The molecule has 0 saturated heterocycles. The fourth-order valence-corrected chi connectivity index (χ4v) is 3.77. The molecule has 0 atom stereocenters. The van der Waals surface area contributed by atoms with Crippen LogP contribution in [0.15, 0.2) is 71.8 Å². The molecule has 0 bridgehead atoms. The van der Waals surface area contributed by atoms with Crippen molar-refractivity contribution in [3.8, 4) is 16.9 Å². The van der Waals surface area contributed by atoms with Gasteiger partial charge in [0.1, 0.15) is 11.6 Å². The van der Waals surface area contributed by atoms with Crippen molar-refractivity contribution >= 4 is 10.9 Å². The van der Waals surface area contributed by atoms with Crippen molar-refractivity contribution in [1.29, 1.82) is 0 Å². The number of benzene rings is 2. The Morgan fingerprint density at radius 3 is 2.72 bits per heavy atom. The lowest BCUT2D eigenvalue weighted by atomic mass is 10.0. The third-order valence-corrected chi connectivity index (χ3v) is 5.41. The number of pyridine rings is 1. The molecule has 2 heterocycles. The smallest absolute Gasteiger partial charge is 0.261 e. The fraction of sp³-hybridized carbons (Fsp3) is 0.208. The minimum absolute atomic E-state index is 0.00231. The van der Waals surface area contributed by atoms with Gasteiger partial charge in [0.25, 0.3) is 5.56 Å². The molecule has 1 aliphatic rings. The minimum atomic E-state index is -0.00231. The Labute approximate surface area is 168 Å². The van der Waals surface area contributed by atoms with Crippen molar-refractivity contribution in [2.75, 3.05) is 7.11 Å². The zero-order valence-corrected chi connectivity index (χ0v) is 16.2. The molecule has 0 radical (unpaired) electrons. The number of aromatic nitrogens is 3. The van der Waals surface area contributed by atoms with Crippen LogP contribution < -0.4 is 10.3 Å². The highest BCUT2D eigenvalue weighted by atomic mass is 16.5. The predicted molar refractivity (Wildman–Crippen MR) is 113 cm³/mol. The molecule has 0 aliphatic heterocycles. The van der Waals surface area contributed by atoms with E-state index in [1.165, 1.54) is 0 Å². The number of methoxy groups -OCH3 is 1. The zero-order valence-electron chi connectivity index (χ0n) is 16.2. The van der Waals surface area contributed by atoms with Gasteiger partial charge in [0.05, 0.1) is 24.6 Å². The number of fused-ring (bicyclic) bond motifs is 1. The summed E-state index contributed by atoms with van der Waals surface area (Å²) < 4.78 is 7.32. The van der Waals surface area contributed by atoms with Crippen molar-refractivity contribution < 1.29 is 4.74 Å². The molecule has 1 saturated carbocycles. The van der Waals surface area contributed by atoms with Crippen molar-refractivity contribution in [3.05, 3.63) is 88.7 Å². The third-order valence-electron chi connectivity index (χ3n) is 5.41. The molecule has 0 unspecified atom stereocenters. The molecule has 29 heavy (non-hydrogen) atoms. The van der Waals surface area contributed by atoms with Crippen LogP contribution in [0.2, 0.25) is 0 Å². The van der Waals surface area contributed by atoms with E-state index in [2.05, 4.69) is 4.98 Å². The number of ether oxygens (including phenoxy) is 1. The molecule has 1 aliphatic carbocycles. The topological polar surface area (TPSA) is 57.0 Å². The second kappa shape index (κ2) is 7.17. The summed E-state index contributed by atoms with van der Waals surface area (Å²) in [4.78, 5) is 22.6. The highest BCUT2D eigenvalue weighted by molar-refractivity contribution is 5.85. The van der Waals surface area contributed by atoms with E-state index in [1.54, 1.807) is 19.5 Å². The molecule has 5 rings (SSSR count). The first-order valence-electron chi connectivity index (χ1n) is 9.81. The predicted octanol–water partition coefficient (Wildman–Crippen LogP) is 4.39. The second-order valence-electron chi connectivity index (χ2n) is 7.43. The van der Waals surface area contributed by atoms with Gasteiger partial charge in [-0.3, -0.25) is 14.3 Å². The van der Waals surface area contributed by atoms with Gasteiger partial charge < -0.3 is 4.74 Å². The van der Waals surface area contributed by atoms with Gasteiger partial charge in [-0.05, 0) is 48.2 Å². The molecule has 0 amide bonds. The van der Waals surface area contributed by atoms with Gasteiger partial charge in [-0.25, -0.2) is 4.98 Å². The first-order chi connectivity index (χ1) is 14.2. The van der Waals surface area contributed by atoms with Gasteiger partial charge in [0, 0.05) is 23.9 Å².